The van der Waals surface area contributed by atoms with Crippen molar-refractivity contribution in [2.75, 3.05) is 18.4 Å². The van der Waals surface area contributed by atoms with Crippen molar-refractivity contribution in [1.29, 1.82) is 0 Å². The number of anilines is 1. The molecule has 34 heavy (non-hydrogen) atoms. The summed E-state index contributed by atoms with van der Waals surface area (Å²) < 4.78 is 0. The maximum absolute atomic E-state index is 13.1. The third-order valence-corrected chi connectivity index (χ3v) is 6.21. The number of benzene rings is 1. The summed E-state index contributed by atoms with van der Waals surface area (Å²) in [4.78, 5) is 68.3. The first kappa shape index (κ1) is 23.0. The van der Waals surface area contributed by atoms with Crippen LogP contribution in [0.15, 0.2) is 36.5 Å². The number of nitro groups is 1. The SMILES string of the molecule is Cc1ccc(NC(=O)C2CCN(C(=O)C(C)N3C(=O)c4cccc([N+](=O)[O-])c4C3=O)CC2)nc1. The van der Waals surface area contributed by atoms with E-state index in [1.54, 1.807) is 12.3 Å². The van der Waals surface area contributed by atoms with Crippen LogP contribution in [0.25, 0.3) is 0 Å². The van der Waals surface area contributed by atoms with E-state index >= 15 is 0 Å². The average Bonchev–Trinajstić information content (AvgIpc) is 3.09. The largest absolute Gasteiger partial charge is 0.341 e. The van der Waals surface area contributed by atoms with Gasteiger partial charge in [0.2, 0.25) is 11.8 Å². The van der Waals surface area contributed by atoms with Gasteiger partial charge in [0.25, 0.3) is 17.5 Å². The molecule has 1 aromatic heterocycles. The van der Waals surface area contributed by atoms with Crippen molar-refractivity contribution in [2.24, 2.45) is 5.92 Å². The summed E-state index contributed by atoms with van der Waals surface area (Å²) in [6, 6.07) is 6.27. The fourth-order valence-corrected chi connectivity index (χ4v) is 4.30. The first-order valence-electron chi connectivity index (χ1n) is 10.9. The van der Waals surface area contributed by atoms with Crippen LogP contribution in [0.5, 0.6) is 0 Å². The Morgan fingerprint density at radius 2 is 1.85 bits per heavy atom. The molecule has 2 aromatic rings. The predicted octanol–water partition coefficient (Wildman–Crippen LogP) is 2.16. The van der Waals surface area contributed by atoms with Gasteiger partial charge < -0.3 is 10.2 Å². The van der Waals surface area contributed by atoms with E-state index in [1.807, 2.05) is 13.0 Å². The van der Waals surface area contributed by atoms with E-state index in [1.165, 1.54) is 24.0 Å². The topological polar surface area (TPSA) is 143 Å². The van der Waals surface area contributed by atoms with Gasteiger partial charge in [0, 0.05) is 31.3 Å². The number of pyridine rings is 1. The molecule has 1 fully saturated rings. The van der Waals surface area contributed by atoms with E-state index in [0.717, 1.165) is 16.5 Å². The Morgan fingerprint density at radius 3 is 2.47 bits per heavy atom. The molecule has 4 amide bonds. The van der Waals surface area contributed by atoms with Crippen molar-refractivity contribution in [3.63, 3.8) is 0 Å². The van der Waals surface area contributed by atoms with Gasteiger partial charge >= 0.3 is 0 Å². The van der Waals surface area contributed by atoms with Crippen LogP contribution in [0.3, 0.4) is 0 Å². The quantitative estimate of drug-likeness (QED) is 0.405. The number of nitrogens with one attached hydrogen (secondary N) is 1. The Hall–Kier alpha value is -4.15. The summed E-state index contributed by atoms with van der Waals surface area (Å²) in [5.74, 6) is -2.05. The average molecular weight is 465 g/mol. The number of carbonyl (C=O) groups excluding carboxylic acids is 4. The van der Waals surface area contributed by atoms with Gasteiger partial charge in [0.1, 0.15) is 17.4 Å². The van der Waals surface area contributed by atoms with Crippen LogP contribution in [-0.2, 0) is 9.59 Å². The Kier molecular flexibility index (Phi) is 6.10. The summed E-state index contributed by atoms with van der Waals surface area (Å²) in [6.07, 6.45) is 2.50. The van der Waals surface area contributed by atoms with E-state index < -0.39 is 34.4 Å². The van der Waals surface area contributed by atoms with Crippen LogP contribution < -0.4 is 5.32 Å². The Bertz CT molecular complexity index is 1190. The number of fused-ring (bicyclic) bond motifs is 1. The number of hydrogen-bond donors (Lipinski definition) is 1. The van der Waals surface area contributed by atoms with Crippen molar-refractivity contribution in [3.8, 4) is 0 Å². The molecule has 0 radical (unpaired) electrons. The molecule has 1 atom stereocenters. The Labute approximate surface area is 194 Å². The highest BCUT2D eigenvalue weighted by molar-refractivity contribution is 6.24. The monoisotopic (exact) mass is 465 g/mol. The van der Waals surface area contributed by atoms with E-state index in [2.05, 4.69) is 10.3 Å². The van der Waals surface area contributed by atoms with Gasteiger partial charge in [-0.3, -0.25) is 34.2 Å². The molecule has 11 nitrogen and oxygen atoms in total. The predicted molar refractivity (Wildman–Crippen MR) is 120 cm³/mol. The lowest BCUT2D eigenvalue weighted by Crippen LogP contribution is -2.51. The summed E-state index contributed by atoms with van der Waals surface area (Å²) in [7, 11) is 0. The van der Waals surface area contributed by atoms with Gasteiger partial charge in [-0.15, -0.1) is 0 Å². The molecule has 11 heteroatoms. The summed E-state index contributed by atoms with van der Waals surface area (Å²) in [5.41, 5.74) is 0.135. The molecule has 0 spiro atoms. The van der Waals surface area contributed by atoms with Crippen LogP contribution >= 0.6 is 0 Å². The van der Waals surface area contributed by atoms with E-state index in [-0.39, 0.29) is 36.0 Å². The number of carbonyl (C=O) groups is 4. The first-order valence-corrected chi connectivity index (χ1v) is 10.9. The molecule has 4 rings (SSSR count). The number of aromatic nitrogens is 1. The molecule has 3 heterocycles. The zero-order valence-corrected chi connectivity index (χ0v) is 18.7. The van der Waals surface area contributed by atoms with Gasteiger partial charge in [0.15, 0.2) is 0 Å². The fraction of sp³-hybridized carbons (Fsp3) is 0.348. The Morgan fingerprint density at radius 1 is 1.15 bits per heavy atom. The Balaban J connectivity index is 1.39. The minimum atomic E-state index is -1.13. The second-order valence-corrected chi connectivity index (χ2v) is 8.42. The third kappa shape index (κ3) is 4.12. The van der Waals surface area contributed by atoms with Gasteiger partial charge in [-0.05, 0) is 44.4 Å². The van der Waals surface area contributed by atoms with Crippen molar-refractivity contribution < 1.29 is 24.1 Å². The van der Waals surface area contributed by atoms with Crippen molar-refractivity contribution in [2.45, 2.75) is 32.7 Å². The number of amides is 4. The highest BCUT2D eigenvalue weighted by Crippen LogP contribution is 2.32. The molecule has 1 saturated heterocycles. The lowest BCUT2D eigenvalue weighted by molar-refractivity contribution is -0.385. The van der Waals surface area contributed by atoms with E-state index in [9.17, 15) is 29.3 Å². The fourth-order valence-electron chi connectivity index (χ4n) is 4.30. The second kappa shape index (κ2) is 9.00. The number of rotatable bonds is 5. The standard InChI is InChI=1S/C23H23N5O6/c1-13-6-7-18(24-12-13)25-20(29)15-8-10-26(11-9-15)21(30)14(2)27-22(31)16-4-3-5-17(28(33)34)19(16)23(27)32/h3-7,12,14-15H,8-11H2,1-2H3,(H,24,25,29). The number of hydrogen-bond acceptors (Lipinski definition) is 7. The number of aryl methyl sites for hydroxylation is 1. The number of nitro benzene ring substituents is 1. The molecule has 0 bridgehead atoms. The highest BCUT2D eigenvalue weighted by Gasteiger charge is 2.46. The van der Waals surface area contributed by atoms with Crippen molar-refractivity contribution in [1.82, 2.24) is 14.8 Å². The summed E-state index contributed by atoms with van der Waals surface area (Å²) in [6.45, 7) is 3.89. The molecule has 0 saturated carbocycles. The minimum absolute atomic E-state index is 0.0843. The van der Waals surface area contributed by atoms with Gasteiger partial charge in [-0.1, -0.05) is 12.1 Å². The molecule has 1 aromatic carbocycles. The number of piperidine rings is 1. The number of nitrogens with zero attached hydrogens (tertiary/aromatic N) is 4. The van der Waals surface area contributed by atoms with Crippen LogP contribution in [0, 0.1) is 23.0 Å². The zero-order valence-electron chi connectivity index (χ0n) is 18.7. The molecular formula is C23H23N5O6. The summed E-state index contributed by atoms with van der Waals surface area (Å²) in [5, 5.41) is 14.1. The smallest absolute Gasteiger partial charge is 0.282 e. The van der Waals surface area contributed by atoms with Gasteiger partial charge in [0.05, 0.1) is 10.5 Å². The second-order valence-electron chi connectivity index (χ2n) is 8.42. The lowest BCUT2D eigenvalue weighted by Gasteiger charge is -2.34. The molecule has 2 aliphatic heterocycles. The maximum Gasteiger partial charge on any atom is 0.282 e. The number of imide groups is 1. The van der Waals surface area contributed by atoms with Crippen LogP contribution in [0.1, 0.15) is 46.0 Å². The molecule has 1 N–H and O–H groups in total. The number of likely N-dealkylation sites (tertiary alicyclic amines) is 1. The highest BCUT2D eigenvalue weighted by atomic mass is 16.6. The third-order valence-electron chi connectivity index (χ3n) is 6.21. The van der Waals surface area contributed by atoms with Crippen LogP contribution in [0.4, 0.5) is 11.5 Å². The first-order chi connectivity index (χ1) is 16.2. The minimum Gasteiger partial charge on any atom is -0.341 e. The normalized spacial score (nSPS) is 16.9. The molecule has 176 valence electrons. The molecule has 2 aliphatic rings. The molecular weight excluding hydrogens is 442 g/mol. The van der Waals surface area contributed by atoms with Crippen molar-refractivity contribution in [3.05, 3.63) is 63.3 Å². The van der Waals surface area contributed by atoms with Crippen LogP contribution in [0.2, 0.25) is 0 Å². The summed E-state index contributed by atoms with van der Waals surface area (Å²) >= 11 is 0. The van der Waals surface area contributed by atoms with Gasteiger partial charge in [-0.25, -0.2) is 4.98 Å². The van der Waals surface area contributed by atoms with Crippen LogP contribution in [-0.4, -0.2) is 62.5 Å². The molecule has 1 unspecified atom stereocenters. The van der Waals surface area contributed by atoms with Gasteiger partial charge in [-0.2, -0.15) is 0 Å². The molecule has 0 aliphatic carbocycles. The van der Waals surface area contributed by atoms with E-state index in [4.69, 9.17) is 0 Å². The lowest BCUT2D eigenvalue weighted by atomic mass is 9.95. The zero-order chi connectivity index (χ0) is 24.6. The maximum atomic E-state index is 13.1. The van der Waals surface area contributed by atoms with Crippen molar-refractivity contribution >= 4 is 35.1 Å². The van der Waals surface area contributed by atoms with E-state index in [0.29, 0.717) is 18.7 Å².